The Hall–Kier alpha value is -7.02. The molecule has 0 aliphatic carbocycles. The van der Waals surface area contributed by atoms with E-state index in [1.165, 1.54) is 193 Å². The molecular formula is C100H150O20. The molecule has 6 aromatic rings. The Kier molecular flexibility index (Phi) is 62.3. The predicted octanol–water partition coefficient (Wildman–Crippen LogP) is 22.4. The molecule has 0 unspecified atom stereocenters. The molecule has 0 aliphatic rings. The number of hydrogen-bond acceptors (Lipinski definition) is 20. The molecule has 0 radical (unpaired) electrons. The lowest BCUT2D eigenvalue weighted by atomic mass is 10.0. The number of rotatable bonds is 83. The second-order valence-corrected chi connectivity index (χ2v) is 30.3. The van der Waals surface area contributed by atoms with Gasteiger partial charge in [0.25, 0.3) is 0 Å². The molecular weight excluding hydrogens is 1520 g/mol. The van der Waals surface area contributed by atoms with Gasteiger partial charge in [-0.2, -0.15) is 0 Å². The minimum Gasteiger partial charge on any atom is -0.494 e. The van der Waals surface area contributed by atoms with Crippen molar-refractivity contribution < 1.29 is 94.9 Å². The van der Waals surface area contributed by atoms with Gasteiger partial charge in [0.15, 0.2) is 0 Å². The van der Waals surface area contributed by atoms with Crippen molar-refractivity contribution in [3.63, 3.8) is 0 Å². The van der Waals surface area contributed by atoms with Crippen molar-refractivity contribution in [2.24, 2.45) is 0 Å². The van der Waals surface area contributed by atoms with E-state index in [0.29, 0.717) is 206 Å². The van der Waals surface area contributed by atoms with Gasteiger partial charge in [0, 0.05) is 0 Å². The Balaban J connectivity index is 0.593. The maximum Gasteiger partial charge on any atom is 0.343 e. The minimum absolute atomic E-state index is 0.366. The van der Waals surface area contributed by atoms with Crippen LogP contribution < -0.4 is 28.4 Å². The first-order chi connectivity index (χ1) is 59.5. The number of hydrogen-bond donors (Lipinski definition) is 0. The normalized spacial score (nSPS) is 11.4. The molecule has 6 aromatic carbocycles. The van der Waals surface area contributed by atoms with Crippen molar-refractivity contribution >= 4 is 11.9 Å². The van der Waals surface area contributed by atoms with Gasteiger partial charge in [0.2, 0.25) is 0 Å². The molecule has 0 aliphatic heterocycles. The van der Waals surface area contributed by atoms with Gasteiger partial charge < -0.3 is 85.3 Å². The van der Waals surface area contributed by atoms with E-state index in [0.717, 1.165) is 59.8 Å². The summed E-state index contributed by atoms with van der Waals surface area (Å²) < 4.78 is 102. The monoisotopic (exact) mass is 1670 g/mol. The van der Waals surface area contributed by atoms with Crippen LogP contribution in [0.5, 0.6) is 34.5 Å². The van der Waals surface area contributed by atoms with E-state index in [1.807, 2.05) is 48.5 Å². The van der Waals surface area contributed by atoms with Gasteiger partial charge >= 0.3 is 11.9 Å². The molecule has 0 N–H and O–H groups in total. The fourth-order valence-electron chi connectivity index (χ4n) is 13.3. The Bertz CT molecular complexity index is 3080. The standard InChI is InChI=1S/C100H150O20/c1-3-5-7-9-11-13-15-17-19-21-23-25-27-29-31-33-59-115-93-47-43-89(44-48-93)87-35-39-91(40-36-87)99(101)119-97-55-51-95(52-56-97)117-85-83-113-81-79-111-77-75-109-73-71-107-69-67-105-65-63-103-61-62-104-64-66-106-68-70-108-72-74-110-76-78-112-80-82-114-84-86-118-96-53-57-98(58-54-96)120-100(102)92-41-37-88(38-42-92)90-45-49-94(50-46-90)116-60-34-32-30-28-26-24-22-20-18-16-14-12-10-8-6-4-2/h35-58H,3-34,59-86H2,1-2H3. The van der Waals surface area contributed by atoms with Crippen LogP contribution in [-0.2, 0) is 56.8 Å². The largest absolute Gasteiger partial charge is 0.494 e. The molecule has 0 spiro atoms. The smallest absolute Gasteiger partial charge is 0.343 e. The Morgan fingerprint density at radius 2 is 0.317 bits per heavy atom. The maximum atomic E-state index is 13.0. The van der Waals surface area contributed by atoms with Gasteiger partial charge in [-0.05, 0) is 132 Å². The van der Waals surface area contributed by atoms with Crippen molar-refractivity contribution in [2.75, 3.05) is 185 Å². The lowest BCUT2D eigenvalue weighted by Crippen LogP contribution is -2.15. The molecule has 6 rings (SSSR count). The van der Waals surface area contributed by atoms with Crippen molar-refractivity contribution in [2.45, 2.75) is 219 Å². The highest BCUT2D eigenvalue weighted by Crippen LogP contribution is 2.28. The number of unbranched alkanes of at least 4 members (excludes halogenated alkanes) is 30. The van der Waals surface area contributed by atoms with E-state index in [9.17, 15) is 9.59 Å². The lowest BCUT2D eigenvalue weighted by Gasteiger charge is -2.10. The van der Waals surface area contributed by atoms with Crippen LogP contribution in [0, 0.1) is 0 Å². The molecule has 0 saturated heterocycles. The van der Waals surface area contributed by atoms with Crippen molar-refractivity contribution in [1.29, 1.82) is 0 Å². The van der Waals surface area contributed by atoms with E-state index in [2.05, 4.69) is 38.1 Å². The van der Waals surface area contributed by atoms with Crippen LogP contribution in [0.25, 0.3) is 22.3 Å². The fourth-order valence-corrected chi connectivity index (χ4v) is 13.3. The summed E-state index contributed by atoms with van der Waals surface area (Å²) in [6.07, 6.45) is 43.4. The summed E-state index contributed by atoms with van der Waals surface area (Å²) in [6.45, 7) is 17.7. The third-order valence-electron chi connectivity index (χ3n) is 20.3. The highest BCUT2D eigenvalue weighted by molar-refractivity contribution is 5.92. The summed E-state index contributed by atoms with van der Waals surface area (Å²) >= 11 is 0. The zero-order valence-electron chi connectivity index (χ0n) is 73.4. The summed E-state index contributed by atoms with van der Waals surface area (Å²) in [5, 5.41) is 0. The summed E-state index contributed by atoms with van der Waals surface area (Å²) in [5.74, 6) is 3.06. The third-order valence-corrected chi connectivity index (χ3v) is 20.3. The van der Waals surface area contributed by atoms with Crippen LogP contribution >= 0.6 is 0 Å². The molecule has 20 nitrogen and oxygen atoms in total. The third kappa shape index (κ3) is 53.8. The Labute approximate surface area is 720 Å². The van der Waals surface area contributed by atoms with E-state index in [4.69, 9.17) is 85.3 Å². The molecule has 0 fully saturated rings. The van der Waals surface area contributed by atoms with E-state index in [-0.39, 0.29) is 0 Å². The summed E-state index contributed by atoms with van der Waals surface area (Å²) in [5.41, 5.74) is 5.07. The molecule has 670 valence electrons. The average Bonchev–Trinajstić information content (AvgIpc) is 0.844. The second-order valence-electron chi connectivity index (χ2n) is 30.3. The quantitative estimate of drug-likeness (QED) is 0.0198. The zero-order valence-corrected chi connectivity index (χ0v) is 73.4. The molecule has 0 bridgehead atoms. The van der Waals surface area contributed by atoms with Gasteiger partial charge in [-0.3, -0.25) is 0 Å². The number of ether oxygens (including phenoxy) is 18. The van der Waals surface area contributed by atoms with Crippen LogP contribution in [0.3, 0.4) is 0 Å². The number of carbonyl (C=O) groups excluding carboxylic acids is 2. The van der Waals surface area contributed by atoms with Crippen molar-refractivity contribution in [1.82, 2.24) is 0 Å². The molecule has 0 heterocycles. The zero-order chi connectivity index (χ0) is 84.2. The molecule has 0 amide bonds. The highest BCUT2D eigenvalue weighted by Gasteiger charge is 2.14. The van der Waals surface area contributed by atoms with Gasteiger partial charge in [-0.1, -0.05) is 255 Å². The predicted molar refractivity (Wildman–Crippen MR) is 477 cm³/mol. The van der Waals surface area contributed by atoms with E-state index < -0.39 is 11.9 Å². The number of carbonyl (C=O) groups is 2. The van der Waals surface area contributed by atoms with Crippen molar-refractivity contribution in [3.8, 4) is 56.8 Å². The summed E-state index contributed by atoms with van der Waals surface area (Å²) in [6, 6.07) is 45.1. The molecule has 20 heteroatoms. The number of benzene rings is 6. The molecule has 120 heavy (non-hydrogen) atoms. The second kappa shape index (κ2) is 73.5. The van der Waals surface area contributed by atoms with Crippen molar-refractivity contribution in [3.05, 3.63) is 157 Å². The van der Waals surface area contributed by atoms with Crippen LogP contribution in [0.4, 0.5) is 0 Å². The topological polar surface area (TPSA) is 200 Å². The molecule has 0 atom stereocenters. The Morgan fingerprint density at radius 1 is 0.167 bits per heavy atom. The minimum atomic E-state index is -0.428. The van der Waals surface area contributed by atoms with Gasteiger partial charge in [-0.15, -0.1) is 0 Å². The van der Waals surface area contributed by atoms with Crippen LogP contribution in [0.15, 0.2) is 146 Å². The lowest BCUT2D eigenvalue weighted by molar-refractivity contribution is -0.0287. The SMILES string of the molecule is CCCCCCCCCCCCCCCCCCOc1ccc(-c2ccc(C(=O)Oc3ccc(OCCOCCOCCOCCOCCOCCOCCOCCOCCOCCOCCOCCOCCOc4ccc(OC(=O)c5ccc(-c6ccc(OCCCCCCCCCCCCCCCCCC)cc6)cc5)cc4)cc3)cc2)cc1. The first-order valence-electron chi connectivity index (χ1n) is 46.0. The fraction of sp³-hybridized carbons (Fsp3) is 0.620. The highest BCUT2D eigenvalue weighted by atomic mass is 16.6. The first-order valence-corrected chi connectivity index (χ1v) is 46.0. The summed E-state index contributed by atoms with van der Waals surface area (Å²) in [7, 11) is 0. The molecule has 0 aromatic heterocycles. The van der Waals surface area contributed by atoms with Gasteiger partial charge in [-0.25, -0.2) is 9.59 Å². The van der Waals surface area contributed by atoms with E-state index in [1.54, 1.807) is 72.8 Å². The average molecular weight is 1670 g/mol. The van der Waals surface area contributed by atoms with Gasteiger partial charge in [0.1, 0.15) is 47.7 Å². The van der Waals surface area contributed by atoms with Crippen LogP contribution in [-0.4, -0.2) is 197 Å². The first kappa shape index (κ1) is 102. The Morgan fingerprint density at radius 3 is 0.517 bits per heavy atom. The van der Waals surface area contributed by atoms with Crippen LogP contribution in [0.2, 0.25) is 0 Å². The summed E-state index contributed by atoms with van der Waals surface area (Å²) in [4.78, 5) is 25.9. The maximum absolute atomic E-state index is 13.0. The van der Waals surface area contributed by atoms with E-state index >= 15 is 0 Å². The number of esters is 2. The van der Waals surface area contributed by atoms with Gasteiger partial charge in [0.05, 0.1) is 183 Å². The molecule has 0 saturated carbocycles. The van der Waals surface area contributed by atoms with Crippen LogP contribution in [0.1, 0.15) is 240 Å².